The van der Waals surface area contributed by atoms with Gasteiger partial charge in [-0.3, -0.25) is 18.6 Å². The fourth-order valence-corrected chi connectivity index (χ4v) is 5.92. The highest BCUT2D eigenvalue weighted by Gasteiger charge is 2.26. The van der Waals surface area contributed by atoms with Crippen LogP contribution in [0.2, 0.25) is 0 Å². The highest BCUT2D eigenvalue weighted by atomic mass is 31.2. The van der Waals surface area contributed by atoms with Crippen LogP contribution in [0.25, 0.3) is 0 Å². The molecule has 0 heterocycles. The van der Waals surface area contributed by atoms with Crippen LogP contribution in [0.3, 0.4) is 0 Å². The average Bonchev–Trinajstić information content (AvgIpc) is 3.15. The largest absolute Gasteiger partial charge is 0.472 e. The Morgan fingerprint density at radius 1 is 0.593 bits per heavy atom. The van der Waals surface area contributed by atoms with Crippen LogP contribution in [0.1, 0.15) is 155 Å². The molecular weight excluding hydrogens is 701 g/mol. The zero-order chi connectivity index (χ0) is 39.6. The number of phosphoric acid groups is 1. The average molecular weight is 778 g/mol. The lowest BCUT2D eigenvalue weighted by Crippen LogP contribution is -2.29. The maximum atomic E-state index is 12.6. The molecule has 0 radical (unpaired) electrons. The van der Waals surface area contributed by atoms with Crippen molar-refractivity contribution in [2.45, 2.75) is 161 Å². The van der Waals surface area contributed by atoms with Crippen LogP contribution in [0.15, 0.2) is 72.9 Å². The standard InChI is InChI=1S/C44H76NO8P/c1-4-6-8-10-12-14-16-18-20-21-23-24-26-28-30-32-34-36-43(46)50-40-42(41-52-54(48,49)51-39-38-45-3)53-44(47)37-35-33-31-29-27-25-22-19-17-15-13-11-9-7-5-2/h6,8,12,14-15,17-18,20,23-24,28,30,42,45H,4-5,7,9-11,13,16,19,21-22,25-27,29,31-41H2,1-3H3,(H,48,49)/b8-6-,14-12-,17-15-,20-18-,24-23-,30-28-. The molecule has 0 aliphatic carbocycles. The normalized spacial score (nSPS) is 14.1. The number of carbonyl (C=O) groups is 2. The van der Waals surface area contributed by atoms with E-state index < -0.39 is 32.5 Å². The third kappa shape index (κ3) is 39.2. The summed E-state index contributed by atoms with van der Waals surface area (Å²) in [6.45, 7) is 4.01. The summed E-state index contributed by atoms with van der Waals surface area (Å²) in [4.78, 5) is 35.0. The number of phosphoric ester groups is 1. The third-order valence-corrected chi connectivity index (χ3v) is 9.29. The summed E-state index contributed by atoms with van der Waals surface area (Å²) in [6.07, 6.45) is 46.6. The van der Waals surface area contributed by atoms with E-state index >= 15 is 0 Å². The van der Waals surface area contributed by atoms with Gasteiger partial charge in [-0.2, -0.15) is 0 Å². The molecule has 0 aromatic rings. The van der Waals surface area contributed by atoms with Gasteiger partial charge >= 0.3 is 19.8 Å². The van der Waals surface area contributed by atoms with Gasteiger partial charge < -0.3 is 19.7 Å². The number of nitrogens with one attached hydrogen (secondary N) is 1. The molecule has 0 fully saturated rings. The Morgan fingerprint density at radius 3 is 1.65 bits per heavy atom. The molecule has 9 nitrogen and oxygen atoms in total. The Hall–Kier alpha value is -2.55. The Morgan fingerprint density at radius 2 is 1.07 bits per heavy atom. The van der Waals surface area contributed by atoms with Gasteiger partial charge in [0, 0.05) is 19.4 Å². The topological polar surface area (TPSA) is 120 Å². The van der Waals surface area contributed by atoms with Gasteiger partial charge in [-0.15, -0.1) is 0 Å². The van der Waals surface area contributed by atoms with Crippen LogP contribution in [-0.4, -0.2) is 56.3 Å². The number of carbonyl (C=O) groups excluding carboxylic acids is 2. The van der Waals surface area contributed by atoms with Gasteiger partial charge in [0.05, 0.1) is 13.2 Å². The SMILES string of the molecule is CC/C=C\C/C=C\C/C=C\C/C=C\C/C=C\CCCC(=O)OCC(COP(=O)(O)OCCNC)OC(=O)CCCCCCCCC/C=C\CCCCCC. The van der Waals surface area contributed by atoms with Gasteiger partial charge in [-0.05, 0) is 84.1 Å². The van der Waals surface area contributed by atoms with Crippen molar-refractivity contribution in [2.75, 3.05) is 33.4 Å². The van der Waals surface area contributed by atoms with Crippen molar-refractivity contribution in [1.29, 1.82) is 0 Å². The van der Waals surface area contributed by atoms with Gasteiger partial charge in [0.1, 0.15) is 6.61 Å². The van der Waals surface area contributed by atoms with Crippen LogP contribution in [0.4, 0.5) is 0 Å². The zero-order valence-corrected chi connectivity index (χ0v) is 35.0. The van der Waals surface area contributed by atoms with Crippen LogP contribution in [0, 0.1) is 0 Å². The molecule has 0 aliphatic heterocycles. The summed E-state index contributed by atoms with van der Waals surface area (Å²) < 4.78 is 33.1. The molecule has 0 aromatic heterocycles. The first-order valence-electron chi connectivity index (χ1n) is 20.9. The van der Waals surface area contributed by atoms with Crippen molar-refractivity contribution in [3.05, 3.63) is 72.9 Å². The number of allylic oxidation sites excluding steroid dienone is 12. The predicted molar refractivity (Wildman–Crippen MR) is 224 cm³/mol. The molecule has 0 aliphatic rings. The van der Waals surface area contributed by atoms with E-state index in [1.165, 1.54) is 51.4 Å². The van der Waals surface area contributed by atoms with Gasteiger partial charge in [-0.1, -0.05) is 138 Å². The fourth-order valence-electron chi connectivity index (χ4n) is 5.17. The van der Waals surface area contributed by atoms with E-state index in [9.17, 15) is 19.0 Å². The second-order valence-electron chi connectivity index (χ2n) is 13.4. The van der Waals surface area contributed by atoms with E-state index in [1.54, 1.807) is 7.05 Å². The van der Waals surface area contributed by atoms with E-state index in [4.69, 9.17) is 18.5 Å². The van der Waals surface area contributed by atoms with Crippen molar-refractivity contribution >= 4 is 19.8 Å². The molecule has 0 spiro atoms. The summed E-state index contributed by atoms with van der Waals surface area (Å²) in [6, 6.07) is 0. The predicted octanol–water partition coefficient (Wildman–Crippen LogP) is 11.8. The third-order valence-electron chi connectivity index (χ3n) is 8.31. The highest BCUT2D eigenvalue weighted by molar-refractivity contribution is 7.47. The van der Waals surface area contributed by atoms with Crippen molar-refractivity contribution in [2.24, 2.45) is 0 Å². The summed E-state index contributed by atoms with van der Waals surface area (Å²) in [7, 11) is -2.67. The minimum absolute atomic E-state index is 0.0299. The van der Waals surface area contributed by atoms with Crippen LogP contribution < -0.4 is 5.32 Å². The first-order chi connectivity index (χ1) is 26.3. The van der Waals surface area contributed by atoms with Gasteiger partial charge in [0.15, 0.2) is 6.10 Å². The second kappa shape index (κ2) is 40.1. The number of likely N-dealkylation sites (N-methyl/N-ethyl adjacent to an activating group) is 1. The summed E-state index contributed by atoms with van der Waals surface area (Å²) >= 11 is 0. The smallest absolute Gasteiger partial charge is 0.462 e. The lowest BCUT2D eigenvalue weighted by Gasteiger charge is -2.20. The first kappa shape index (κ1) is 51.5. The quantitative estimate of drug-likeness (QED) is 0.0273. The summed E-state index contributed by atoms with van der Waals surface area (Å²) in [5.74, 6) is -0.886. The molecule has 2 N–H and O–H groups in total. The van der Waals surface area contributed by atoms with Crippen molar-refractivity contribution in [1.82, 2.24) is 5.32 Å². The molecule has 0 bridgehead atoms. The number of unbranched alkanes of at least 4 members (excludes halogenated alkanes) is 12. The van der Waals surface area contributed by atoms with Crippen LogP contribution in [0.5, 0.6) is 0 Å². The maximum absolute atomic E-state index is 12.6. The Balaban J connectivity index is 4.36. The molecule has 54 heavy (non-hydrogen) atoms. The lowest BCUT2D eigenvalue weighted by atomic mass is 10.1. The molecule has 0 amide bonds. The number of hydrogen-bond donors (Lipinski definition) is 2. The molecule has 0 saturated heterocycles. The molecule has 2 unspecified atom stereocenters. The molecule has 310 valence electrons. The second-order valence-corrected chi connectivity index (χ2v) is 14.9. The van der Waals surface area contributed by atoms with E-state index in [2.05, 4.69) is 86.0 Å². The van der Waals surface area contributed by atoms with Crippen LogP contribution in [-0.2, 0) is 32.7 Å². The zero-order valence-electron chi connectivity index (χ0n) is 34.1. The summed E-state index contributed by atoms with van der Waals surface area (Å²) in [5, 5.41) is 2.81. The van der Waals surface area contributed by atoms with E-state index in [0.29, 0.717) is 19.4 Å². The minimum Gasteiger partial charge on any atom is -0.462 e. The van der Waals surface area contributed by atoms with Crippen molar-refractivity contribution in [3.63, 3.8) is 0 Å². The van der Waals surface area contributed by atoms with E-state index in [1.807, 2.05) is 6.08 Å². The number of ether oxygens (including phenoxy) is 2. The van der Waals surface area contributed by atoms with Gasteiger partial charge in [-0.25, -0.2) is 4.57 Å². The monoisotopic (exact) mass is 778 g/mol. The molecule has 2 atom stereocenters. The number of esters is 2. The molecule has 10 heteroatoms. The first-order valence-corrected chi connectivity index (χ1v) is 22.4. The van der Waals surface area contributed by atoms with Gasteiger partial charge in [0.25, 0.3) is 0 Å². The fraction of sp³-hybridized carbons (Fsp3) is 0.682. The molecule has 0 aromatic carbocycles. The molecule has 0 rings (SSSR count). The minimum atomic E-state index is -4.36. The molecular formula is C44H76NO8P. The van der Waals surface area contributed by atoms with Gasteiger partial charge in [0.2, 0.25) is 0 Å². The highest BCUT2D eigenvalue weighted by Crippen LogP contribution is 2.43. The molecule has 0 saturated carbocycles. The van der Waals surface area contributed by atoms with Crippen LogP contribution >= 0.6 is 7.82 Å². The number of rotatable bonds is 38. The lowest BCUT2D eigenvalue weighted by molar-refractivity contribution is -0.161. The Labute approximate surface area is 329 Å². The summed E-state index contributed by atoms with van der Waals surface area (Å²) in [5.41, 5.74) is 0. The maximum Gasteiger partial charge on any atom is 0.472 e. The Bertz CT molecular complexity index is 1110. The van der Waals surface area contributed by atoms with E-state index in [-0.39, 0.29) is 26.1 Å². The van der Waals surface area contributed by atoms with E-state index in [0.717, 1.165) is 64.2 Å². The Kier molecular flexibility index (Phi) is 38.2. The van der Waals surface area contributed by atoms with Crippen molar-refractivity contribution < 1.29 is 37.6 Å². The van der Waals surface area contributed by atoms with Crippen molar-refractivity contribution in [3.8, 4) is 0 Å². The number of hydrogen-bond acceptors (Lipinski definition) is 8.